The van der Waals surface area contributed by atoms with Crippen LogP contribution in [0, 0.1) is 10.1 Å². The monoisotopic (exact) mass is 265 g/mol. The van der Waals surface area contributed by atoms with Gasteiger partial charge in [0, 0.05) is 6.07 Å². The van der Waals surface area contributed by atoms with Crippen molar-refractivity contribution in [3.63, 3.8) is 0 Å². The number of hydrogen-bond acceptors (Lipinski definition) is 5. The average molecular weight is 266 g/mol. The fourth-order valence-corrected chi connectivity index (χ4v) is 1.36. The lowest BCUT2D eigenvalue weighted by Crippen LogP contribution is -1.99. The van der Waals surface area contributed by atoms with E-state index in [9.17, 15) is 10.1 Å². The lowest BCUT2D eigenvalue weighted by Gasteiger charge is -2.04. The fraction of sp³-hybridized carbons (Fsp3) is 0.0909. The predicted molar refractivity (Wildman–Crippen MR) is 64.5 cm³/mol. The normalized spacial score (nSPS) is 10.1. The zero-order chi connectivity index (χ0) is 13.0. The van der Waals surface area contributed by atoms with Gasteiger partial charge in [0.05, 0.1) is 29.1 Å². The highest BCUT2D eigenvalue weighted by Crippen LogP contribution is 2.19. The molecule has 0 atom stereocenters. The Bertz CT molecular complexity index is 560. The maximum absolute atomic E-state index is 10.6. The van der Waals surface area contributed by atoms with Crippen molar-refractivity contribution < 1.29 is 9.66 Å². The Morgan fingerprint density at radius 3 is 2.83 bits per heavy atom. The molecule has 0 aliphatic heterocycles. The first kappa shape index (κ1) is 12.3. The summed E-state index contributed by atoms with van der Waals surface area (Å²) in [6.45, 7) is 0.172. The van der Waals surface area contributed by atoms with Gasteiger partial charge in [0.25, 0.3) is 5.69 Å². The molecule has 0 saturated carbocycles. The number of rotatable bonds is 4. The maximum Gasteiger partial charge on any atom is 0.273 e. The van der Waals surface area contributed by atoms with E-state index in [1.807, 2.05) is 0 Å². The molecule has 0 bridgehead atoms. The van der Waals surface area contributed by atoms with Crippen LogP contribution in [0.25, 0.3) is 0 Å². The summed E-state index contributed by atoms with van der Waals surface area (Å²) in [5.74, 6) is 0.404. The van der Waals surface area contributed by atoms with E-state index < -0.39 is 4.92 Å². The van der Waals surface area contributed by atoms with E-state index >= 15 is 0 Å². The molecule has 18 heavy (non-hydrogen) atoms. The molecule has 0 N–H and O–H groups in total. The van der Waals surface area contributed by atoms with Crippen LogP contribution in [0.5, 0.6) is 5.75 Å². The molecule has 0 unspecified atom stereocenters. The van der Waals surface area contributed by atoms with Crippen LogP contribution in [0.1, 0.15) is 5.69 Å². The SMILES string of the molecule is O=[N+]([O-])c1cccc(OCc2cnc(Cl)cn2)c1. The number of benzene rings is 1. The van der Waals surface area contributed by atoms with Crippen LogP contribution in [-0.4, -0.2) is 14.9 Å². The van der Waals surface area contributed by atoms with Crippen LogP contribution >= 0.6 is 11.6 Å². The topological polar surface area (TPSA) is 78.2 Å². The standard InChI is InChI=1S/C11H8ClN3O3/c12-11-6-13-8(5-14-11)7-18-10-3-1-2-9(4-10)15(16)17/h1-6H,7H2. The van der Waals surface area contributed by atoms with Crippen LogP contribution in [-0.2, 0) is 6.61 Å². The number of hydrogen-bond donors (Lipinski definition) is 0. The van der Waals surface area contributed by atoms with Crippen molar-refractivity contribution in [2.45, 2.75) is 6.61 Å². The van der Waals surface area contributed by atoms with Crippen molar-refractivity contribution in [1.29, 1.82) is 0 Å². The van der Waals surface area contributed by atoms with E-state index in [2.05, 4.69) is 9.97 Å². The Labute approximate surface area is 107 Å². The molecule has 0 saturated heterocycles. The van der Waals surface area contributed by atoms with Crippen LogP contribution in [0.2, 0.25) is 5.15 Å². The summed E-state index contributed by atoms with van der Waals surface area (Å²) in [5.41, 5.74) is 0.570. The smallest absolute Gasteiger partial charge is 0.273 e. The third kappa shape index (κ3) is 3.14. The molecule has 2 aromatic rings. The van der Waals surface area contributed by atoms with Gasteiger partial charge in [-0.2, -0.15) is 0 Å². The van der Waals surface area contributed by atoms with E-state index in [1.54, 1.807) is 12.1 Å². The number of nitrogens with zero attached hydrogens (tertiary/aromatic N) is 3. The summed E-state index contributed by atoms with van der Waals surface area (Å²) in [6, 6.07) is 5.94. The predicted octanol–water partition coefficient (Wildman–Crippen LogP) is 2.62. The molecule has 0 fully saturated rings. The first-order valence-corrected chi connectivity index (χ1v) is 5.36. The van der Waals surface area contributed by atoms with Crippen molar-refractivity contribution in [3.8, 4) is 5.75 Å². The third-order valence-electron chi connectivity index (χ3n) is 2.09. The molecule has 1 aromatic heterocycles. The summed E-state index contributed by atoms with van der Waals surface area (Å²) >= 11 is 5.60. The van der Waals surface area contributed by atoms with Crippen molar-refractivity contribution in [2.24, 2.45) is 0 Å². The number of non-ortho nitro benzene ring substituents is 1. The lowest BCUT2D eigenvalue weighted by molar-refractivity contribution is -0.384. The maximum atomic E-state index is 10.6. The van der Waals surface area contributed by atoms with E-state index in [4.69, 9.17) is 16.3 Å². The average Bonchev–Trinajstić information content (AvgIpc) is 2.38. The Kier molecular flexibility index (Phi) is 3.69. The number of nitro benzene ring substituents is 1. The van der Waals surface area contributed by atoms with Gasteiger partial charge in [0.2, 0.25) is 0 Å². The van der Waals surface area contributed by atoms with Crippen molar-refractivity contribution in [3.05, 3.63) is 57.6 Å². The highest BCUT2D eigenvalue weighted by atomic mass is 35.5. The van der Waals surface area contributed by atoms with Gasteiger partial charge in [-0.15, -0.1) is 0 Å². The molecule has 2 rings (SSSR count). The summed E-state index contributed by atoms with van der Waals surface area (Å²) in [4.78, 5) is 18.0. The molecule has 7 heteroatoms. The number of ether oxygens (including phenoxy) is 1. The minimum Gasteiger partial charge on any atom is -0.487 e. The quantitative estimate of drug-likeness (QED) is 0.627. The van der Waals surface area contributed by atoms with Crippen LogP contribution in [0.4, 0.5) is 5.69 Å². The first-order valence-electron chi connectivity index (χ1n) is 4.99. The number of halogens is 1. The molecule has 0 amide bonds. The highest BCUT2D eigenvalue weighted by molar-refractivity contribution is 6.29. The molecular weight excluding hydrogens is 258 g/mol. The second kappa shape index (κ2) is 5.42. The van der Waals surface area contributed by atoms with Crippen LogP contribution in [0.15, 0.2) is 36.7 Å². The Morgan fingerprint density at radius 1 is 1.33 bits per heavy atom. The van der Waals surface area contributed by atoms with Gasteiger partial charge in [0.15, 0.2) is 0 Å². The largest absolute Gasteiger partial charge is 0.487 e. The minimum atomic E-state index is -0.477. The van der Waals surface area contributed by atoms with E-state index in [1.165, 1.54) is 24.5 Å². The van der Waals surface area contributed by atoms with Gasteiger partial charge in [0.1, 0.15) is 17.5 Å². The van der Waals surface area contributed by atoms with Crippen molar-refractivity contribution >= 4 is 17.3 Å². The molecule has 1 heterocycles. The van der Waals surface area contributed by atoms with Crippen molar-refractivity contribution in [2.75, 3.05) is 0 Å². The Hall–Kier alpha value is -2.21. The molecule has 1 aromatic carbocycles. The van der Waals surface area contributed by atoms with Gasteiger partial charge in [-0.3, -0.25) is 15.1 Å². The second-order valence-electron chi connectivity index (χ2n) is 3.37. The van der Waals surface area contributed by atoms with Gasteiger partial charge in [-0.1, -0.05) is 17.7 Å². The third-order valence-corrected chi connectivity index (χ3v) is 2.28. The van der Waals surface area contributed by atoms with E-state index in [0.29, 0.717) is 16.6 Å². The lowest BCUT2D eigenvalue weighted by atomic mass is 10.3. The van der Waals surface area contributed by atoms with Gasteiger partial charge < -0.3 is 4.74 Å². The number of nitro groups is 1. The fourth-order valence-electron chi connectivity index (χ4n) is 1.26. The van der Waals surface area contributed by atoms with Gasteiger partial charge in [-0.25, -0.2) is 4.98 Å². The van der Waals surface area contributed by atoms with Crippen LogP contribution in [0.3, 0.4) is 0 Å². The molecule has 0 radical (unpaired) electrons. The summed E-state index contributed by atoms with van der Waals surface area (Å²) in [7, 11) is 0. The highest BCUT2D eigenvalue weighted by Gasteiger charge is 2.06. The Balaban J connectivity index is 2.04. The zero-order valence-electron chi connectivity index (χ0n) is 9.12. The minimum absolute atomic E-state index is 0.0188. The van der Waals surface area contributed by atoms with E-state index in [-0.39, 0.29) is 12.3 Å². The second-order valence-corrected chi connectivity index (χ2v) is 3.76. The molecule has 0 aliphatic rings. The molecule has 92 valence electrons. The summed E-state index contributed by atoms with van der Waals surface area (Å²) in [5, 5.41) is 10.9. The van der Waals surface area contributed by atoms with E-state index in [0.717, 1.165) is 0 Å². The summed E-state index contributed by atoms with van der Waals surface area (Å²) < 4.78 is 5.37. The Morgan fingerprint density at radius 2 is 2.17 bits per heavy atom. The molecular formula is C11H8ClN3O3. The zero-order valence-corrected chi connectivity index (χ0v) is 9.87. The molecule has 0 aliphatic carbocycles. The molecule has 6 nitrogen and oxygen atoms in total. The van der Waals surface area contributed by atoms with Gasteiger partial charge >= 0.3 is 0 Å². The van der Waals surface area contributed by atoms with Crippen molar-refractivity contribution in [1.82, 2.24) is 9.97 Å². The van der Waals surface area contributed by atoms with Crippen LogP contribution < -0.4 is 4.74 Å². The van der Waals surface area contributed by atoms with Gasteiger partial charge in [-0.05, 0) is 6.07 Å². The summed E-state index contributed by atoms with van der Waals surface area (Å²) in [6.07, 6.45) is 2.90. The first-order chi connectivity index (χ1) is 8.65. The molecule has 0 spiro atoms. The number of aromatic nitrogens is 2.